The Labute approximate surface area is 136 Å². The van der Waals surface area contributed by atoms with Crippen LogP contribution < -0.4 is 0 Å². The van der Waals surface area contributed by atoms with Crippen molar-refractivity contribution in [3.63, 3.8) is 0 Å². The average molecular weight is 315 g/mol. The molecule has 1 amide bonds. The van der Waals surface area contributed by atoms with Crippen molar-refractivity contribution in [2.45, 2.75) is 26.4 Å². The third kappa shape index (κ3) is 3.74. The molecule has 1 atom stereocenters. The van der Waals surface area contributed by atoms with Crippen molar-refractivity contribution in [1.82, 2.24) is 14.8 Å². The molecule has 124 valence electrons. The van der Waals surface area contributed by atoms with Gasteiger partial charge in [0.05, 0.1) is 12.5 Å². The second-order valence-corrected chi connectivity index (χ2v) is 6.57. The Kier molecular flexibility index (Phi) is 4.68. The van der Waals surface area contributed by atoms with E-state index in [1.165, 1.54) is 5.56 Å². The highest BCUT2D eigenvalue weighted by molar-refractivity contribution is 5.89. The minimum Gasteiger partial charge on any atom is -0.392 e. The van der Waals surface area contributed by atoms with Crippen molar-refractivity contribution in [2.75, 3.05) is 32.7 Å². The number of aliphatic hydroxyl groups excluding tert-OH is 1. The van der Waals surface area contributed by atoms with Gasteiger partial charge in [-0.2, -0.15) is 0 Å². The highest BCUT2D eigenvalue weighted by Gasteiger charge is 2.22. The van der Waals surface area contributed by atoms with Gasteiger partial charge in [-0.3, -0.25) is 9.69 Å². The topological polar surface area (TPSA) is 59.6 Å². The second-order valence-electron chi connectivity index (χ2n) is 6.57. The summed E-state index contributed by atoms with van der Waals surface area (Å²) >= 11 is 0. The predicted molar refractivity (Wildman–Crippen MR) is 91.4 cm³/mol. The van der Waals surface area contributed by atoms with Crippen molar-refractivity contribution in [1.29, 1.82) is 0 Å². The number of β-amino-alcohol motifs (C(OH)–C–C–N with tert-alkyl or cyclic N) is 1. The number of amides is 1. The summed E-state index contributed by atoms with van der Waals surface area (Å²) in [4.78, 5) is 20.0. The average Bonchev–Trinajstić information content (AvgIpc) is 2.89. The van der Waals surface area contributed by atoms with Crippen LogP contribution in [0.25, 0.3) is 10.9 Å². The molecule has 3 rings (SSSR count). The number of H-pyrrole nitrogens is 1. The van der Waals surface area contributed by atoms with E-state index in [2.05, 4.69) is 35.0 Å². The molecule has 1 saturated heterocycles. The van der Waals surface area contributed by atoms with Gasteiger partial charge in [-0.05, 0) is 31.0 Å². The standard InChI is InChI=1S/C18H25N3O2/c1-13-3-4-16-15(11-19-17(16)9-13)10-18(23)21-7-5-20(6-8-21)12-14(2)22/h3-4,9,11,14,19,22H,5-8,10,12H2,1-2H3/t14-/m0/s1. The minimum absolute atomic E-state index is 0.183. The van der Waals surface area contributed by atoms with Crippen LogP contribution in [0, 0.1) is 6.92 Å². The van der Waals surface area contributed by atoms with Crippen molar-refractivity contribution in [2.24, 2.45) is 0 Å². The molecule has 0 saturated carbocycles. The normalized spacial score (nSPS) is 17.6. The van der Waals surface area contributed by atoms with Gasteiger partial charge in [-0.15, -0.1) is 0 Å². The number of nitrogens with one attached hydrogen (secondary N) is 1. The van der Waals surface area contributed by atoms with Gasteiger partial charge in [0.2, 0.25) is 5.91 Å². The van der Waals surface area contributed by atoms with Gasteiger partial charge in [0.15, 0.2) is 0 Å². The number of nitrogens with zero attached hydrogens (tertiary/aromatic N) is 2. The third-order valence-corrected chi connectivity index (χ3v) is 4.51. The molecule has 2 aromatic rings. The number of carbonyl (C=O) groups excluding carboxylic acids is 1. The molecule has 1 aliphatic heterocycles. The molecule has 2 heterocycles. The number of aromatic amines is 1. The smallest absolute Gasteiger partial charge is 0.227 e. The van der Waals surface area contributed by atoms with Crippen LogP contribution in [0.5, 0.6) is 0 Å². The molecule has 0 radical (unpaired) electrons. The number of aryl methyl sites for hydroxylation is 1. The van der Waals surface area contributed by atoms with Gasteiger partial charge in [0, 0.05) is 49.8 Å². The van der Waals surface area contributed by atoms with Gasteiger partial charge in [0.1, 0.15) is 0 Å². The number of benzene rings is 1. The minimum atomic E-state index is -0.313. The summed E-state index contributed by atoms with van der Waals surface area (Å²) in [5, 5.41) is 10.6. The van der Waals surface area contributed by atoms with Crippen LogP contribution in [0.15, 0.2) is 24.4 Å². The number of fused-ring (bicyclic) bond motifs is 1. The maximum absolute atomic E-state index is 12.5. The van der Waals surface area contributed by atoms with E-state index in [9.17, 15) is 9.90 Å². The molecule has 1 aliphatic rings. The zero-order valence-corrected chi connectivity index (χ0v) is 13.9. The van der Waals surface area contributed by atoms with Gasteiger partial charge in [-0.25, -0.2) is 0 Å². The van der Waals surface area contributed by atoms with Gasteiger partial charge in [0.25, 0.3) is 0 Å². The number of carbonyl (C=O) groups is 1. The maximum atomic E-state index is 12.5. The van der Waals surface area contributed by atoms with Crippen LogP contribution in [0.4, 0.5) is 0 Å². The Morgan fingerprint density at radius 3 is 2.74 bits per heavy atom. The lowest BCUT2D eigenvalue weighted by molar-refractivity contribution is -0.132. The Morgan fingerprint density at radius 1 is 1.30 bits per heavy atom. The molecule has 5 heteroatoms. The monoisotopic (exact) mass is 315 g/mol. The molecule has 1 aromatic carbocycles. The number of aliphatic hydroxyl groups is 1. The largest absolute Gasteiger partial charge is 0.392 e. The maximum Gasteiger partial charge on any atom is 0.227 e. The lowest BCUT2D eigenvalue weighted by Crippen LogP contribution is -2.50. The number of piperazine rings is 1. The SMILES string of the molecule is Cc1ccc2c(CC(=O)N3CCN(C[C@H](C)O)CC3)c[nH]c2c1. The van der Waals surface area contributed by atoms with Crippen LogP contribution in [-0.4, -0.2) is 64.6 Å². The zero-order chi connectivity index (χ0) is 16.4. The molecule has 1 aromatic heterocycles. The highest BCUT2D eigenvalue weighted by Crippen LogP contribution is 2.20. The summed E-state index contributed by atoms with van der Waals surface area (Å²) in [6.45, 7) is 7.71. The Balaban J connectivity index is 1.61. The zero-order valence-electron chi connectivity index (χ0n) is 13.9. The van der Waals surface area contributed by atoms with Crippen LogP contribution in [0.1, 0.15) is 18.1 Å². The Bertz CT molecular complexity index is 685. The highest BCUT2D eigenvalue weighted by atomic mass is 16.3. The first-order valence-corrected chi connectivity index (χ1v) is 8.28. The fourth-order valence-electron chi connectivity index (χ4n) is 3.27. The molecule has 0 unspecified atom stereocenters. The lowest BCUT2D eigenvalue weighted by Gasteiger charge is -2.35. The summed E-state index contributed by atoms with van der Waals surface area (Å²) in [6, 6.07) is 6.28. The summed E-state index contributed by atoms with van der Waals surface area (Å²) in [5.74, 6) is 0.183. The first kappa shape index (κ1) is 16.0. The van der Waals surface area contributed by atoms with E-state index in [1.807, 2.05) is 11.1 Å². The summed E-state index contributed by atoms with van der Waals surface area (Å²) in [5.41, 5.74) is 3.37. The molecule has 0 aliphatic carbocycles. The molecule has 5 nitrogen and oxygen atoms in total. The van der Waals surface area contributed by atoms with E-state index in [-0.39, 0.29) is 12.0 Å². The van der Waals surface area contributed by atoms with Gasteiger partial charge in [-0.1, -0.05) is 12.1 Å². The molecule has 1 fully saturated rings. The van der Waals surface area contributed by atoms with Crippen molar-refractivity contribution in [3.05, 3.63) is 35.5 Å². The van der Waals surface area contributed by atoms with E-state index in [0.29, 0.717) is 13.0 Å². The summed E-state index contributed by atoms with van der Waals surface area (Å²) in [7, 11) is 0. The van der Waals surface area contributed by atoms with Crippen molar-refractivity contribution in [3.8, 4) is 0 Å². The Morgan fingerprint density at radius 2 is 2.04 bits per heavy atom. The molecular formula is C18H25N3O2. The lowest BCUT2D eigenvalue weighted by atomic mass is 10.1. The van der Waals surface area contributed by atoms with E-state index in [0.717, 1.165) is 42.6 Å². The molecule has 0 bridgehead atoms. The number of rotatable bonds is 4. The van der Waals surface area contributed by atoms with E-state index in [4.69, 9.17) is 0 Å². The fraction of sp³-hybridized carbons (Fsp3) is 0.500. The van der Waals surface area contributed by atoms with E-state index >= 15 is 0 Å². The van der Waals surface area contributed by atoms with Crippen LogP contribution >= 0.6 is 0 Å². The van der Waals surface area contributed by atoms with Crippen LogP contribution in [-0.2, 0) is 11.2 Å². The quantitative estimate of drug-likeness (QED) is 0.900. The van der Waals surface area contributed by atoms with E-state index < -0.39 is 0 Å². The van der Waals surface area contributed by atoms with Crippen LogP contribution in [0.2, 0.25) is 0 Å². The molecule has 0 spiro atoms. The van der Waals surface area contributed by atoms with Gasteiger partial charge < -0.3 is 15.0 Å². The fourth-order valence-corrected chi connectivity index (χ4v) is 3.27. The van der Waals surface area contributed by atoms with E-state index in [1.54, 1.807) is 6.92 Å². The van der Waals surface area contributed by atoms with Crippen molar-refractivity contribution >= 4 is 16.8 Å². The first-order valence-electron chi connectivity index (χ1n) is 8.28. The molecule has 2 N–H and O–H groups in total. The Hall–Kier alpha value is -1.85. The van der Waals surface area contributed by atoms with Crippen molar-refractivity contribution < 1.29 is 9.90 Å². The van der Waals surface area contributed by atoms with Gasteiger partial charge >= 0.3 is 0 Å². The van der Waals surface area contributed by atoms with Crippen LogP contribution in [0.3, 0.4) is 0 Å². The number of hydrogen-bond donors (Lipinski definition) is 2. The summed E-state index contributed by atoms with van der Waals surface area (Å²) in [6.07, 6.45) is 2.08. The molecular weight excluding hydrogens is 290 g/mol. The number of aromatic nitrogens is 1. The third-order valence-electron chi connectivity index (χ3n) is 4.51. The second kappa shape index (κ2) is 6.72. The summed E-state index contributed by atoms with van der Waals surface area (Å²) < 4.78 is 0. The predicted octanol–water partition coefficient (Wildman–Crippen LogP) is 1.54. The number of hydrogen-bond acceptors (Lipinski definition) is 3. The molecule has 23 heavy (non-hydrogen) atoms. The first-order chi connectivity index (χ1) is 11.0.